The first-order chi connectivity index (χ1) is 16.6. The number of aromatic nitrogens is 1. The van der Waals surface area contributed by atoms with E-state index in [0.29, 0.717) is 0 Å². The second kappa shape index (κ2) is 9.90. The summed E-state index contributed by atoms with van der Waals surface area (Å²) in [6.07, 6.45) is 3.17. The summed E-state index contributed by atoms with van der Waals surface area (Å²) in [5.41, 5.74) is 5.75. The van der Waals surface area contributed by atoms with Crippen LogP contribution in [0.5, 0.6) is 0 Å². The standard InChI is InChI=1S/C29H32N2O4/c1-19-14-20(17-30-16-19)15-26(27(32)35-29(2,3)4)31(5)28(33)34-18-25-23-12-8-6-10-21(23)22-11-7-9-13-24(22)25/h6-14,16-17,25-26H,15,18H2,1-5H3. The molecular formula is C29H32N2O4. The molecule has 1 aromatic heterocycles. The van der Waals surface area contributed by atoms with Gasteiger partial charge in [0.2, 0.25) is 0 Å². The molecule has 182 valence electrons. The van der Waals surface area contributed by atoms with Crippen LogP contribution in [0.2, 0.25) is 0 Å². The van der Waals surface area contributed by atoms with Gasteiger partial charge in [0.05, 0.1) is 0 Å². The zero-order valence-corrected chi connectivity index (χ0v) is 20.9. The van der Waals surface area contributed by atoms with Crippen LogP contribution in [-0.4, -0.2) is 47.2 Å². The van der Waals surface area contributed by atoms with Gasteiger partial charge in [-0.15, -0.1) is 0 Å². The van der Waals surface area contributed by atoms with E-state index in [1.807, 2.05) is 58.0 Å². The molecule has 0 aliphatic heterocycles. The first-order valence-corrected chi connectivity index (χ1v) is 11.9. The van der Waals surface area contributed by atoms with E-state index in [1.165, 1.54) is 4.90 Å². The molecule has 0 saturated heterocycles. The Morgan fingerprint density at radius 2 is 1.60 bits per heavy atom. The summed E-state index contributed by atoms with van der Waals surface area (Å²) in [7, 11) is 1.58. The Kier molecular flexibility index (Phi) is 6.92. The number of esters is 1. The third kappa shape index (κ3) is 5.53. The fourth-order valence-corrected chi connectivity index (χ4v) is 4.52. The molecule has 1 heterocycles. The van der Waals surface area contributed by atoms with E-state index in [0.717, 1.165) is 33.4 Å². The van der Waals surface area contributed by atoms with Gasteiger partial charge in [-0.25, -0.2) is 9.59 Å². The SMILES string of the molecule is Cc1cncc(CC(C(=O)OC(C)(C)C)N(C)C(=O)OCC2c3ccccc3-c3ccccc32)c1. The van der Waals surface area contributed by atoms with Gasteiger partial charge >= 0.3 is 12.1 Å². The van der Waals surface area contributed by atoms with Crippen LogP contribution >= 0.6 is 0 Å². The van der Waals surface area contributed by atoms with E-state index in [9.17, 15) is 9.59 Å². The normalized spacial score (nSPS) is 13.5. The largest absolute Gasteiger partial charge is 0.458 e. The lowest BCUT2D eigenvalue weighted by Crippen LogP contribution is -2.47. The van der Waals surface area contributed by atoms with Crippen LogP contribution in [0.15, 0.2) is 67.0 Å². The van der Waals surface area contributed by atoms with Crippen molar-refractivity contribution in [2.24, 2.45) is 0 Å². The van der Waals surface area contributed by atoms with E-state index in [-0.39, 0.29) is 18.9 Å². The Morgan fingerprint density at radius 3 is 2.17 bits per heavy atom. The highest BCUT2D eigenvalue weighted by atomic mass is 16.6. The van der Waals surface area contributed by atoms with E-state index in [2.05, 4.69) is 29.2 Å². The monoisotopic (exact) mass is 472 g/mol. The molecule has 6 nitrogen and oxygen atoms in total. The average molecular weight is 473 g/mol. The van der Waals surface area contributed by atoms with Crippen molar-refractivity contribution in [2.75, 3.05) is 13.7 Å². The van der Waals surface area contributed by atoms with Gasteiger partial charge in [-0.2, -0.15) is 0 Å². The minimum absolute atomic E-state index is 0.0549. The number of hydrogen-bond acceptors (Lipinski definition) is 5. The summed E-state index contributed by atoms with van der Waals surface area (Å²) in [6, 6.07) is 17.5. The van der Waals surface area contributed by atoms with Crippen LogP contribution in [-0.2, 0) is 20.7 Å². The van der Waals surface area contributed by atoms with Crippen LogP contribution in [0.1, 0.15) is 48.9 Å². The number of ether oxygens (including phenoxy) is 2. The number of benzene rings is 2. The zero-order valence-electron chi connectivity index (χ0n) is 20.9. The highest BCUT2D eigenvalue weighted by Gasteiger charge is 2.34. The number of carbonyl (C=O) groups is 2. The lowest BCUT2D eigenvalue weighted by Gasteiger charge is -2.30. The topological polar surface area (TPSA) is 68.7 Å². The van der Waals surface area contributed by atoms with Crippen LogP contribution in [0.25, 0.3) is 11.1 Å². The fraction of sp³-hybridized carbons (Fsp3) is 0.345. The van der Waals surface area contributed by atoms with Gasteiger partial charge in [-0.3, -0.25) is 9.88 Å². The van der Waals surface area contributed by atoms with E-state index >= 15 is 0 Å². The Morgan fingerprint density at radius 1 is 1.00 bits per heavy atom. The van der Waals surface area contributed by atoms with Crippen molar-refractivity contribution in [1.29, 1.82) is 0 Å². The first-order valence-electron chi connectivity index (χ1n) is 11.9. The quantitative estimate of drug-likeness (QED) is 0.442. The minimum Gasteiger partial charge on any atom is -0.458 e. The molecule has 0 bridgehead atoms. The smallest absolute Gasteiger partial charge is 0.410 e. The number of likely N-dealkylation sites (N-methyl/N-ethyl adjacent to an activating group) is 1. The Labute approximate surface area is 206 Å². The van der Waals surface area contributed by atoms with Crippen molar-refractivity contribution in [3.8, 4) is 11.1 Å². The molecule has 0 spiro atoms. The summed E-state index contributed by atoms with van der Waals surface area (Å²) < 4.78 is 11.4. The van der Waals surface area contributed by atoms with E-state index < -0.39 is 23.7 Å². The van der Waals surface area contributed by atoms with Crippen LogP contribution in [0.4, 0.5) is 4.79 Å². The zero-order chi connectivity index (χ0) is 25.2. The number of amides is 1. The summed E-state index contributed by atoms with van der Waals surface area (Å²) >= 11 is 0. The summed E-state index contributed by atoms with van der Waals surface area (Å²) in [6.45, 7) is 7.55. The third-order valence-electron chi connectivity index (χ3n) is 6.13. The van der Waals surface area contributed by atoms with Gasteiger partial charge in [0, 0.05) is 31.8 Å². The van der Waals surface area contributed by atoms with Gasteiger partial charge in [0.25, 0.3) is 0 Å². The molecule has 2 aromatic carbocycles. The predicted molar refractivity (Wildman–Crippen MR) is 135 cm³/mol. The summed E-state index contributed by atoms with van der Waals surface area (Å²) in [5.74, 6) is -0.532. The second-order valence-electron chi connectivity index (χ2n) is 10.0. The predicted octanol–water partition coefficient (Wildman–Crippen LogP) is 5.52. The van der Waals surface area contributed by atoms with Crippen LogP contribution in [0.3, 0.4) is 0 Å². The van der Waals surface area contributed by atoms with Crippen molar-refractivity contribution < 1.29 is 19.1 Å². The maximum absolute atomic E-state index is 13.2. The van der Waals surface area contributed by atoms with E-state index in [4.69, 9.17) is 9.47 Å². The van der Waals surface area contributed by atoms with Gasteiger partial charge < -0.3 is 9.47 Å². The van der Waals surface area contributed by atoms with Crippen molar-refractivity contribution in [3.63, 3.8) is 0 Å². The van der Waals surface area contributed by atoms with Gasteiger partial charge in [0.15, 0.2) is 0 Å². The fourth-order valence-electron chi connectivity index (χ4n) is 4.52. The molecule has 0 fully saturated rings. The first kappa shape index (κ1) is 24.5. The van der Waals surface area contributed by atoms with Gasteiger partial charge in [0.1, 0.15) is 18.2 Å². The Hall–Kier alpha value is -3.67. The molecule has 1 unspecified atom stereocenters. The van der Waals surface area contributed by atoms with Gasteiger partial charge in [-0.1, -0.05) is 54.6 Å². The molecule has 4 rings (SSSR count). The lowest BCUT2D eigenvalue weighted by molar-refractivity contribution is -0.160. The maximum atomic E-state index is 13.2. The molecule has 0 saturated carbocycles. The van der Waals surface area contributed by atoms with Crippen molar-refractivity contribution in [3.05, 3.63) is 89.2 Å². The molecule has 1 amide bonds. The molecule has 1 aliphatic carbocycles. The molecule has 1 aliphatic rings. The second-order valence-corrected chi connectivity index (χ2v) is 10.0. The number of hydrogen-bond donors (Lipinski definition) is 0. The van der Waals surface area contributed by atoms with Crippen LogP contribution < -0.4 is 0 Å². The molecule has 35 heavy (non-hydrogen) atoms. The Bertz CT molecular complexity index is 1190. The number of pyridine rings is 1. The number of fused-ring (bicyclic) bond motifs is 3. The number of carbonyl (C=O) groups excluding carboxylic acids is 2. The van der Waals surface area contributed by atoms with Crippen molar-refractivity contribution >= 4 is 12.1 Å². The Balaban J connectivity index is 1.52. The number of rotatable bonds is 6. The van der Waals surface area contributed by atoms with E-state index in [1.54, 1.807) is 19.4 Å². The summed E-state index contributed by atoms with van der Waals surface area (Å²) in [4.78, 5) is 31.8. The van der Waals surface area contributed by atoms with Crippen molar-refractivity contribution in [2.45, 2.75) is 51.7 Å². The minimum atomic E-state index is -0.839. The molecular weight excluding hydrogens is 440 g/mol. The highest BCUT2D eigenvalue weighted by molar-refractivity contribution is 5.82. The average Bonchev–Trinajstić information content (AvgIpc) is 3.13. The van der Waals surface area contributed by atoms with Crippen LogP contribution in [0, 0.1) is 6.92 Å². The maximum Gasteiger partial charge on any atom is 0.410 e. The molecule has 0 N–H and O–H groups in total. The molecule has 3 aromatic rings. The molecule has 6 heteroatoms. The number of aryl methyl sites for hydroxylation is 1. The summed E-state index contributed by atoms with van der Waals surface area (Å²) in [5, 5.41) is 0. The third-order valence-corrected chi connectivity index (χ3v) is 6.13. The molecule has 0 radical (unpaired) electrons. The number of nitrogens with zero attached hydrogens (tertiary/aromatic N) is 2. The lowest BCUT2D eigenvalue weighted by atomic mass is 9.98. The van der Waals surface area contributed by atoms with Crippen molar-refractivity contribution in [1.82, 2.24) is 9.88 Å². The molecule has 1 atom stereocenters. The van der Waals surface area contributed by atoms with Gasteiger partial charge in [-0.05, 0) is 61.1 Å². The highest BCUT2D eigenvalue weighted by Crippen LogP contribution is 2.44.